The average Bonchev–Trinajstić information content (AvgIpc) is 2.87. The molecule has 1 heterocycles. The van der Waals surface area contributed by atoms with Crippen molar-refractivity contribution in [3.63, 3.8) is 0 Å². The van der Waals surface area contributed by atoms with Crippen LogP contribution in [0.4, 0.5) is 5.69 Å². The van der Waals surface area contributed by atoms with Gasteiger partial charge in [0.15, 0.2) is 0 Å². The van der Waals surface area contributed by atoms with Crippen molar-refractivity contribution < 1.29 is 14.6 Å². The van der Waals surface area contributed by atoms with Gasteiger partial charge in [-0.3, -0.25) is 0 Å². The molecular weight excluding hydrogens is 244 g/mol. The minimum atomic E-state index is -1.05. The van der Waals surface area contributed by atoms with Crippen molar-refractivity contribution in [2.75, 3.05) is 32.0 Å². The molecule has 0 unspecified atom stereocenters. The highest BCUT2D eigenvalue weighted by molar-refractivity contribution is 5.96. The summed E-state index contributed by atoms with van der Waals surface area (Å²) in [6.07, 6.45) is 3.45. The molecule has 0 aromatic heterocycles. The number of benzene rings is 1. The molecule has 1 saturated heterocycles. The molecule has 104 valence electrons. The van der Waals surface area contributed by atoms with Crippen LogP contribution < -0.4 is 10.5 Å². The first kappa shape index (κ1) is 13.7. The third-order valence-electron chi connectivity index (χ3n) is 3.35. The van der Waals surface area contributed by atoms with Gasteiger partial charge >= 0.3 is 5.97 Å². The Morgan fingerprint density at radius 3 is 2.79 bits per heavy atom. The van der Waals surface area contributed by atoms with Gasteiger partial charge in [0, 0.05) is 12.2 Å². The lowest BCUT2D eigenvalue weighted by molar-refractivity contribution is 0.0693. The Morgan fingerprint density at radius 2 is 2.11 bits per heavy atom. The standard InChI is InChI=1S/C14H20N2O3/c15-11-5-3-6-12(13(11)14(17)18)19-10-4-9-16-7-1-2-8-16/h3,5-6H,1-2,4,7-10,15H2,(H,17,18). The van der Waals surface area contributed by atoms with E-state index >= 15 is 0 Å². The van der Waals surface area contributed by atoms with Crippen LogP contribution in [-0.4, -0.2) is 42.2 Å². The number of rotatable bonds is 6. The summed E-state index contributed by atoms with van der Waals surface area (Å²) in [6, 6.07) is 4.92. The highest BCUT2D eigenvalue weighted by Gasteiger charge is 2.15. The zero-order chi connectivity index (χ0) is 13.7. The summed E-state index contributed by atoms with van der Waals surface area (Å²) in [4.78, 5) is 13.5. The van der Waals surface area contributed by atoms with Crippen LogP contribution in [0.2, 0.25) is 0 Å². The van der Waals surface area contributed by atoms with Crippen molar-refractivity contribution in [2.45, 2.75) is 19.3 Å². The van der Waals surface area contributed by atoms with Crippen LogP contribution >= 0.6 is 0 Å². The molecule has 0 aliphatic carbocycles. The molecule has 5 nitrogen and oxygen atoms in total. The molecular formula is C14H20N2O3. The van der Waals surface area contributed by atoms with Gasteiger partial charge in [0.2, 0.25) is 0 Å². The Labute approximate surface area is 113 Å². The molecule has 0 atom stereocenters. The number of carboxylic acid groups (broad SMARTS) is 1. The molecule has 0 spiro atoms. The monoisotopic (exact) mass is 264 g/mol. The van der Waals surface area contributed by atoms with Gasteiger partial charge in [-0.2, -0.15) is 0 Å². The molecule has 2 rings (SSSR count). The second kappa shape index (κ2) is 6.43. The highest BCUT2D eigenvalue weighted by Crippen LogP contribution is 2.24. The van der Waals surface area contributed by atoms with E-state index in [-0.39, 0.29) is 11.3 Å². The van der Waals surface area contributed by atoms with E-state index in [1.807, 2.05) is 0 Å². The number of nitrogens with zero attached hydrogens (tertiary/aromatic N) is 1. The van der Waals surface area contributed by atoms with Gasteiger partial charge in [0.25, 0.3) is 0 Å². The maximum Gasteiger partial charge on any atom is 0.341 e. The number of likely N-dealkylation sites (tertiary alicyclic amines) is 1. The van der Waals surface area contributed by atoms with Gasteiger partial charge in [-0.05, 0) is 44.5 Å². The number of aromatic carboxylic acids is 1. The lowest BCUT2D eigenvalue weighted by Gasteiger charge is -2.15. The SMILES string of the molecule is Nc1cccc(OCCCN2CCCC2)c1C(=O)O. The first-order valence-corrected chi connectivity index (χ1v) is 6.65. The number of ether oxygens (including phenoxy) is 1. The molecule has 0 bridgehead atoms. The second-order valence-electron chi connectivity index (χ2n) is 4.78. The molecule has 19 heavy (non-hydrogen) atoms. The van der Waals surface area contributed by atoms with Gasteiger partial charge in [-0.15, -0.1) is 0 Å². The minimum Gasteiger partial charge on any atom is -0.493 e. The molecule has 1 aromatic rings. The van der Waals surface area contributed by atoms with E-state index in [2.05, 4.69) is 4.90 Å². The quantitative estimate of drug-likeness (QED) is 0.605. The molecule has 1 aromatic carbocycles. The van der Waals surface area contributed by atoms with Crippen molar-refractivity contribution in [3.05, 3.63) is 23.8 Å². The molecule has 3 N–H and O–H groups in total. The van der Waals surface area contributed by atoms with Gasteiger partial charge in [-0.25, -0.2) is 4.79 Å². The third-order valence-corrected chi connectivity index (χ3v) is 3.35. The maximum absolute atomic E-state index is 11.1. The first-order valence-electron chi connectivity index (χ1n) is 6.65. The van der Waals surface area contributed by atoms with E-state index in [4.69, 9.17) is 15.6 Å². The van der Waals surface area contributed by atoms with Crippen molar-refractivity contribution in [3.8, 4) is 5.75 Å². The number of nitrogens with two attached hydrogens (primary N) is 1. The predicted molar refractivity (Wildman–Crippen MR) is 73.6 cm³/mol. The zero-order valence-corrected chi connectivity index (χ0v) is 11.0. The lowest BCUT2D eigenvalue weighted by atomic mass is 10.1. The van der Waals surface area contributed by atoms with E-state index in [1.54, 1.807) is 18.2 Å². The second-order valence-corrected chi connectivity index (χ2v) is 4.78. The fraction of sp³-hybridized carbons (Fsp3) is 0.500. The van der Waals surface area contributed by atoms with E-state index in [0.29, 0.717) is 12.4 Å². The molecule has 5 heteroatoms. The molecule has 1 aliphatic heterocycles. The summed E-state index contributed by atoms with van der Waals surface area (Å²) in [5.41, 5.74) is 5.96. The fourth-order valence-electron chi connectivity index (χ4n) is 2.37. The molecule has 0 amide bonds. The fourth-order valence-corrected chi connectivity index (χ4v) is 2.37. The molecule has 0 radical (unpaired) electrons. The van der Waals surface area contributed by atoms with Crippen LogP contribution in [0.25, 0.3) is 0 Å². The Morgan fingerprint density at radius 1 is 1.37 bits per heavy atom. The summed E-state index contributed by atoms with van der Waals surface area (Å²) in [5.74, 6) is -0.693. The summed E-state index contributed by atoms with van der Waals surface area (Å²) in [6.45, 7) is 3.85. The van der Waals surface area contributed by atoms with E-state index in [9.17, 15) is 4.79 Å². The third kappa shape index (κ3) is 3.61. The summed E-state index contributed by atoms with van der Waals surface area (Å²) in [5, 5.41) is 9.11. The normalized spacial score (nSPS) is 15.6. The Kier molecular flexibility index (Phi) is 4.63. The number of anilines is 1. The first-order chi connectivity index (χ1) is 9.18. The van der Waals surface area contributed by atoms with Gasteiger partial charge in [-0.1, -0.05) is 6.07 Å². The number of carboxylic acids is 1. The smallest absolute Gasteiger partial charge is 0.341 e. The largest absolute Gasteiger partial charge is 0.493 e. The number of hydrogen-bond donors (Lipinski definition) is 2. The van der Waals surface area contributed by atoms with Gasteiger partial charge in [0.05, 0.1) is 6.61 Å². The average molecular weight is 264 g/mol. The lowest BCUT2D eigenvalue weighted by Crippen LogP contribution is -2.22. The van der Waals surface area contributed by atoms with Crippen LogP contribution in [-0.2, 0) is 0 Å². The zero-order valence-electron chi connectivity index (χ0n) is 11.0. The summed E-state index contributed by atoms with van der Waals surface area (Å²) in [7, 11) is 0. The number of carbonyl (C=O) groups is 1. The molecule has 1 fully saturated rings. The van der Waals surface area contributed by atoms with E-state index in [1.165, 1.54) is 25.9 Å². The van der Waals surface area contributed by atoms with Gasteiger partial charge in [0.1, 0.15) is 11.3 Å². The highest BCUT2D eigenvalue weighted by atomic mass is 16.5. The van der Waals surface area contributed by atoms with Crippen LogP contribution in [0.5, 0.6) is 5.75 Å². The van der Waals surface area contributed by atoms with E-state index in [0.717, 1.165) is 13.0 Å². The minimum absolute atomic E-state index is 0.0590. The van der Waals surface area contributed by atoms with Crippen molar-refractivity contribution in [1.29, 1.82) is 0 Å². The molecule has 0 saturated carbocycles. The van der Waals surface area contributed by atoms with Gasteiger partial charge < -0.3 is 20.5 Å². The maximum atomic E-state index is 11.1. The number of nitrogen functional groups attached to an aromatic ring is 1. The van der Waals surface area contributed by atoms with Crippen molar-refractivity contribution in [2.24, 2.45) is 0 Å². The van der Waals surface area contributed by atoms with Crippen molar-refractivity contribution >= 4 is 11.7 Å². The van der Waals surface area contributed by atoms with Crippen LogP contribution in [0.1, 0.15) is 29.6 Å². The Bertz CT molecular complexity index is 442. The molecule has 1 aliphatic rings. The summed E-state index contributed by atoms with van der Waals surface area (Å²) >= 11 is 0. The van der Waals surface area contributed by atoms with Crippen molar-refractivity contribution in [1.82, 2.24) is 4.90 Å². The van der Waals surface area contributed by atoms with Crippen LogP contribution in [0.3, 0.4) is 0 Å². The van der Waals surface area contributed by atoms with E-state index < -0.39 is 5.97 Å². The van der Waals surface area contributed by atoms with Crippen LogP contribution in [0.15, 0.2) is 18.2 Å². The Hall–Kier alpha value is -1.75. The number of hydrogen-bond acceptors (Lipinski definition) is 4. The van der Waals surface area contributed by atoms with Crippen LogP contribution in [0, 0.1) is 0 Å². The summed E-state index contributed by atoms with van der Waals surface area (Å²) < 4.78 is 5.55. The Balaban J connectivity index is 1.85. The topological polar surface area (TPSA) is 75.8 Å². The predicted octanol–water partition coefficient (Wildman–Crippen LogP) is 1.83.